The first-order valence-corrected chi connectivity index (χ1v) is 11.0. The van der Waals surface area contributed by atoms with Gasteiger partial charge in [0.1, 0.15) is 11.7 Å². The highest BCUT2D eigenvalue weighted by Gasteiger charge is 2.25. The molecule has 0 radical (unpaired) electrons. The summed E-state index contributed by atoms with van der Waals surface area (Å²) in [6, 6.07) is 12.7. The van der Waals surface area contributed by atoms with Crippen LogP contribution in [0.25, 0.3) is 16.3 Å². The van der Waals surface area contributed by atoms with E-state index in [0.717, 1.165) is 16.3 Å². The third-order valence-corrected chi connectivity index (χ3v) is 5.66. The highest BCUT2D eigenvalue weighted by atomic mass is 32.2. The van der Waals surface area contributed by atoms with Crippen LogP contribution in [0.15, 0.2) is 54.0 Å². The fourth-order valence-electron chi connectivity index (χ4n) is 2.71. The highest BCUT2D eigenvalue weighted by molar-refractivity contribution is 7.98. The number of amides is 1. The Labute approximate surface area is 171 Å². The number of rotatable bonds is 8. The van der Waals surface area contributed by atoms with Crippen LogP contribution in [0.1, 0.15) is 16.8 Å². The first-order chi connectivity index (χ1) is 13.6. The van der Waals surface area contributed by atoms with Crippen LogP contribution in [0.3, 0.4) is 0 Å². The standard InChI is InChI=1S/C20H21N3O3S2/c1-26-20(25)16(10-12-27-2)21-19(24)15-13-23(14-7-4-3-5-8-14)22-18(15)17-9-6-11-28-17/h3-9,11,13,16H,10,12H2,1-2H3,(H,21,24)/t16-/m1/s1. The van der Waals surface area contributed by atoms with Gasteiger partial charge in [-0.1, -0.05) is 24.3 Å². The fraction of sp³-hybridized carbons (Fsp3) is 0.250. The van der Waals surface area contributed by atoms with E-state index in [4.69, 9.17) is 4.74 Å². The summed E-state index contributed by atoms with van der Waals surface area (Å²) in [7, 11) is 1.32. The van der Waals surface area contributed by atoms with E-state index in [1.807, 2.05) is 54.1 Å². The lowest BCUT2D eigenvalue weighted by Gasteiger charge is -2.15. The zero-order chi connectivity index (χ0) is 19.9. The Hall–Kier alpha value is -2.58. The minimum Gasteiger partial charge on any atom is -0.467 e. The second-order valence-corrected chi connectivity index (χ2v) is 7.91. The molecule has 1 atom stereocenters. The van der Waals surface area contributed by atoms with Gasteiger partial charge in [-0.3, -0.25) is 4.79 Å². The largest absolute Gasteiger partial charge is 0.467 e. The van der Waals surface area contributed by atoms with E-state index in [9.17, 15) is 9.59 Å². The highest BCUT2D eigenvalue weighted by Crippen LogP contribution is 2.28. The first kappa shape index (κ1) is 20.2. The van der Waals surface area contributed by atoms with Gasteiger partial charge in [0.15, 0.2) is 0 Å². The minimum atomic E-state index is -0.693. The molecule has 0 saturated heterocycles. The van der Waals surface area contributed by atoms with Gasteiger partial charge in [0.2, 0.25) is 0 Å². The summed E-state index contributed by atoms with van der Waals surface area (Å²) in [4.78, 5) is 26.0. The van der Waals surface area contributed by atoms with Crippen molar-refractivity contribution in [3.8, 4) is 16.3 Å². The Morgan fingerprint density at radius 1 is 1.25 bits per heavy atom. The summed E-state index contributed by atoms with van der Waals surface area (Å²) in [6.45, 7) is 0. The van der Waals surface area contributed by atoms with Crippen molar-refractivity contribution in [1.29, 1.82) is 0 Å². The molecule has 146 valence electrons. The lowest BCUT2D eigenvalue weighted by molar-refractivity contribution is -0.142. The van der Waals surface area contributed by atoms with Gasteiger partial charge >= 0.3 is 5.97 Å². The molecule has 2 aromatic heterocycles. The van der Waals surface area contributed by atoms with Crippen molar-refractivity contribution in [2.75, 3.05) is 19.1 Å². The Morgan fingerprint density at radius 3 is 2.68 bits per heavy atom. The summed E-state index contributed by atoms with van der Waals surface area (Å²) in [6.07, 6.45) is 4.15. The van der Waals surface area contributed by atoms with Gasteiger partial charge in [0, 0.05) is 6.20 Å². The summed E-state index contributed by atoms with van der Waals surface area (Å²) >= 11 is 3.12. The molecule has 0 fully saturated rings. The SMILES string of the molecule is COC(=O)[C@@H](CCSC)NC(=O)c1cn(-c2ccccc2)nc1-c1cccs1. The van der Waals surface area contributed by atoms with Crippen molar-refractivity contribution >= 4 is 35.0 Å². The molecule has 0 aliphatic heterocycles. The van der Waals surface area contributed by atoms with Gasteiger partial charge in [-0.2, -0.15) is 16.9 Å². The van der Waals surface area contributed by atoms with Crippen LogP contribution < -0.4 is 5.32 Å². The van der Waals surface area contributed by atoms with E-state index in [-0.39, 0.29) is 5.91 Å². The van der Waals surface area contributed by atoms with Gasteiger partial charge in [-0.15, -0.1) is 11.3 Å². The van der Waals surface area contributed by atoms with Crippen LogP contribution in [0, 0.1) is 0 Å². The maximum atomic E-state index is 13.0. The molecule has 6 nitrogen and oxygen atoms in total. The summed E-state index contributed by atoms with van der Waals surface area (Å²) in [5.74, 6) is -0.0567. The molecule has 1 N–H and O–H groups in total. The number of nitrogens with zero attached hydrogens (tertiary/aromatic N) is 2. The number of methoxy groups -OCH3 is 1. The number of hydrogen-bond donors (Lipinski definition) is 1. The summed E-state index contributed by atoms with van der Waals surface area (Å²) in [5.41, 5.74) is 1.86. The van der Waals surface area contributed by atoms with Gasteiger partial charge < -0.3 is 10.1 Å². The predicted octanol–water partition coefficient (Wildman–Crippen LogP) is 3.63. The van der Waals surface area contributed by atoms with Crippen molar-refractivity contribution in [3.63, 3.8) is 0 Å². The third kappa shape index (κ3) is 4.63. The monoisotopic (exact) mass is 415 g/mol. The first-order valence-electron chi connectivity index (χ1n) is 8.70. The summed E-state index contributed by atoms with van der Waals surface area (Å²) in [5, 5.41) is 9.37. The molecule has 0 aliphatic rings. The number of thioether (sulfide) groups is 1. The molecular weight excluding hydrogens is 394 g/mol. The van der Waals surface area contributed by atoms with Crippen molar-refractivity contribution in [1.82, 2.24) is 15.1 Å². The minimum absolute atomic E-state index is 0.345. The number of ether oxygens (including phenoxy) is 1. The molecule has 3 aromatic rings. The zero-order valence-electron chi connectivity index (χ0n) is 15.6. The lowest BCUT2D eigenvalue weighted by Crippen LogP contribution is -2.42. The van der Waals surface area contributed by atoms with Gasteiger partial charge in [-0.25, -0.2) is 9.48 Å². The molecule has 8 heteroatoms. The number of hydrogen-bond acceptors (Lipinski definition) is 6. The summed E-state index contributed by atoms with van der Waals surface area (Å²) < 4.78 is 6.52. The second kappa shape index (κ2) is 9.57. The van der Waals surface area contributed by atoms with Gasteiger partial charge in [-0.05, 0) is 42.0 Å². The van der Waals surface area contributed by atoms with Crippen molar-refractivity contribution in [3.05, 3.63) is 59.6 Å². The number of thiophene rings is 1. The van der Waals surface area contributed by atoms with Crippen molar-refractivity contribution in [2.24, 2.45) is 0 Å². The number of aromatic nitrogens is 2. The molecule has 1 aromatic carbocycles. The van der Waals surface area contributed by atoms with Crippen LogP contribution in [0.4, 0.5) is 0 Å². The number of para-hydroxylation sites is 1. The Bertz CT molecular complexity index is 924. The van der Waals surface area contributed by atoms with E-state index < -0.39 is 12.0 Å². The molecule has 0 saturated carbocycles. The van der Waals surface area contributed by atoms with E-state index >= 15 is 0 Å². The quantitative estimate of drug-likeness (QED) is 0.569. The molecule has 1 amide bonds. The molecule has 28 heavy (non-hydrogen) atoms. The fourth-order valence-corrected chi connectivity index (χ4v) is 3.91. The molecule has 0 bridgehead atoms. The lowest BCUT2D eigenvalue weighted by atomic mass is 10.1. The maximum absolute atomic E-state index is 13.0. The van der Waals surface area contributed by atoms with Crippen molar-refractivity contribution < 1.29 is 14.3 Å². The maximum Gasteiger partial charge on any atom is 0.328 e. The molecule has 3 rings (SSSR count). The van der Waals surface area contributed by atoms with Crippen LogP contribution >= 0.6 is 23.1 Å². The number of esters is 1. The average molecular weight is 416 g/mol. The molecule has 2 heterocycles. The topological polar surface area (TPSA) is 73.2 Å². The van der Waals surface area contributed by atoms with Gasteiger partial charge in [0.25, 0.3) is 5.91 Å². The zero-order valence-corrected chi connectivity index (χ0v) is 17.3. The van der Waals surface area contributed by atoms with Crippen molar-refractivity contribution in [2.45, 2.75) is 12.5 Å². The molecule has 0 unspecified atom stereocenters. The number of benzene rings is 1. The number of nitrogens with one attached hydrogen (secondary N) is 1. The van der Waals surface area contributed by atoms with Crippen LogP contribution in [0.2, 0.25) is 0 Å². The van der Waals surface area contributed by atoms with Gasteiger partial charge in [0.05, 0.1) is 23.2 Å². The van der Waals surface area contributed by atoms with E-state index in [0.29, 0.717) is 17.7 Å². The Kier molecular flexibility index (Phi) is 6.89. The molecular formula is C20H21N3O3S2. The van der Waals surface area contributed by atoms with Crippen LogP contribution in [-0.2, 0) is 9.53 Å². The van der Waals surface area contributed by atoms with Crippen LogP contribution in [0.5, 0.6) is 0 Å². The second-order valence-electron chi connectivity index (χ2n) is 5.98. The molecule has 0 spiro atoms. The van der Waals surface area contributed by atoms with E-state index in [1.165, 1.54) is 18.4 Å². The van der Waals surface area contributed by atoms with E-state index in [2.05, 4.69) is 10.4 Å². The predicted molar refractivity (Wildman–Crippen MR) is 113 cm³/mol. The van der Waals surface area contributed by atoms with Crippen LogP contribution in [-0.4, -0.2) is 46.8 Å². The normalized spacial score (nSPS) is 11.8. The van der Waals surface area contributed by atoms with E-state index in [1.54, 1.807) is 22.6 Å². The average Bonchev–Trinajstić information content (AvgIpc) is 3.40. The number of carbonyl (C=O) groups excluding carboxylic acids is 2. The smallest absolute Gasteiger partial charge is 0.328 e. The third-order valence-electron chi connectivity index (χ3n) is 4.14. The molecule has 0 aliphatic carbocycles. The number of carbonyl (C=O) groups is 2. The Balaban J connectivity index is 1.93. The Morgan fingerprint density at radius 2 is 2.04 bits per heavy atom.